The van der Waals surface area contributed by atoms with E-state index < -0.39 is 0 Å². The lowest BCUT2D eigenvalue weighted by molar-refractivity contribution is -0.121. The number of amides is 1. The SMILES string of the molecule is Cc1csc(C(C)C(=O)NCC#CC2CCCCO2)n1. The average Bonchev–Trinajstić information content (AvgIpc) is 2.90. The van der Waals surface area contributed by atoms with Gasteiger partial charge in [-0.15, -0.1) is 11.3 Å². The van der Waals surface area contributed by atoms with Gasteiger partial charge in [-0.25, -0.2) is 4.98 Å². The summed E-state index contributed by atoms with van der Waals surface area (Å²) in [5, 5.41) is 5.64. The van der Waals surface area contributed by atoms with Crippen LogP contribution in [0.15, 0.2) is 5.38 Å². The van der Waals surface area contributed by atoms with Crippen molar-refractivity contribution in [3.8, 4) is 11.8 Å². The molecule has 1 aromatic rings. The number of nitrogens with zero attached hydrogens (tertiary/aromatic N) is 1. The highest BCUT2D eigenvalue weighted by atomic mass is 32.1. The smallest absolute Gasteiger partial charge is 0.230 e. The summed E-state index contributed by atoms with van der Waals surface area (Å²) in [6, 6.07) is 0. The van der Waals surface area contributed by atoms with Crippen molar-refractivity contribution in [2.45, 2.75) is 45.1 Å². The van der Waals surface area contributed by atoms with Crippen molar-refractivity contribution in [3.63, 3.8) is 0 Å². The van der Waals surface area contributed by atoms with E-state index in [0.29, 0.717) is 6.54 Å². The molecule has 1 N–H and O–H groups in total. The molecule has 2 heterocycles. The molecule has 0 radical (unpaired) electrons. The molecule has 1 aliphatic rings. The fourth-order valence-electron chi connectivity index (χ4n) is 1.99. The van der Waals surface area contributed by atoms with Crippen LogP contribution in [0.4, 0.5) is 0 Å². The molecule has 2 rings (SSSR count). The predicted octanol–water partition coefficient (Wildman–Crippen LogP) is 2.24. The van der Waals surface area contributed by atoms with Gasteiger partial charge >= 0.3 is 0 Å². The Balaban J connectivity index is 1.76. The van der Waals surface area contributed by atoms with Gasteiger partial charge in [-0.05, 0) is 33.1 Å². The maximum atomic E-state index is 12.0. The maximum Gasteiger partial charge on any atom is 0.230 e. The summed E-state index contributed by atoms with van der Waals surface area (Å²) in [6.45, 7) is 4.96. The molecule has 2 unspecified atom stereocenters. The van der Waals surface area contributed by atoms with E-state index in [2.05, 4.69) is 22.1 Å². The van der Waals surface area contributed by atoms with E-state index in [1.54, 1.807) is 0 Å². The summed E-state index contributed by atoms with van der Waals surface area (Å²) in [6.07, 6.45) is 3.33. The number of carbonyl (C=O) groups excluding carboxylic acids is 1. The monoisotopic (exact) mass is 292 g/mol. The number of hydrogen-bond donors (Lipinski definition) is 1. The topological polar surface area (TPSA) is 51.2 Å². The van der Waals surface area contributed by atoms with Crippen molar-refractivity contribution in [2.24, 2.45) is 0 Å². The average molecular weight is 292 g/mol. The van der Waals surface area contributed by atoms with Gasteiger partial charge in [0.1, 0.15) is 11.1 Å². The van der Waals surface area contributed by atoms with Crippen LogP contribution in [0.5, 0.6) is 0 Å². The molecule has 20 heavy (non-hydrogen) atoms. The molecule has 1 saturated heterocycles. The van der Waals surface area contributed by atoms with Crippen LogP contribution in [0.3, 0.4) is 0 Å². The Kier molecular flexibility index (Phi) is 5.57. The number of carbonyl (C=O) groups is 1. The van der Waals surface area contributed by atoms with E-state index in [0.717, 1.165) is 30.2 Å². The van der Waals surface area contributed by atoms with Gasteiger partial charge in [0.25, 0.3) is 0 Å². The minimum atomic E-state index is -0.221. The lowest BCUT2D eigenvalue weighted by Crippen LogP contribution is -2.28. The molecule has 0 bridgehead atoms. The van der Waals surface area contributed by atoms with Crippen molar-refractivity contribution >= 4 is 17.2 Å². The first-order chi connectivity index (χ1) is 9.66. The number of nitrogens with one attached hydrogen (secondary N) is 1. The normalized spacial score (nSPS) is 19.8. The summed E-state index contributed by atoms with van der Waals surface area (Å²) in [5.74, 6) is 5.78. The summed E-state index contributed by atoms with van der Waals surface area (Å²) < 4.78 is 5.51. The minimum absolute atomic E-state index is 0.0294. The van der Waals surface area contributed by atoms with Gasteiger partial charge in [-0.1, -0.05) is 11.8 Å². The molecule has 0 saturated carbocycles. The predicted molar refractivity (Wildman–Crippen MR) is 79.6 cm³/mol. The molecule has 1 amide bonds. The zero-order chi connectivity index (χ0) is 14.4. The first-order valence-corrected chi connectivity index (χ1v) is 7.84. The van der Waals surface area contributed by atoms with Gasteiger partial charge in [0.2, 0.25) is 5.91 Å². The van der Waals surface area contributed by atoms with E-state index in [4.69, 9.17) is 4.74 Å². The van der Waals surface area contributed by atoms with Crippen LogP contribution >= 0.6 is 11.3 Å². The third-order valence-corrected chi connectivity index (χ3v) is 4.34. The van der Waals surface area contributed by atoms with Crippen LogP contribution in [0, 0.1) is 18.8 Å². The van der Waals surface area contributed by atoms with E-state index in [1.807, 2.05) is 19.2 Å². The molecule has 1 aliphatic heterocycles. The highest BCUT2D eigenvalue weighted by Crippen LogP contribution is 2.19. The van der Waals surface area contributed by atoms with Gasteiger partial charge in [-0.3, -0.25) is 4.79 Å². The molecule has 0 spiro atoms. The quantitative estimate of drug-likeness (QED) is 0.869. The lowest BCUT2D eigenvalue weighted by atomic mass is 10.1. The summed E-state index contributed by atoms with van der Waals surface area (Å²) in [7, 11) is 0. The highest BCUT2D eigenvalue weighted by molar-refractivity contribution is 7.09. The van der Waals surface area contributed by atoms with Gasteiger partial charge in [0, 0.05) is 17.7 Å². The molecule has 0 aromatic carbocycles. The molecule has 108 valence electrons. The van der Waals surface area contributed by atoms with E-state index >= 15 is 0 Å². The molecule has 2 atom stereocenters. The maximum absolute atomic E-state index is 12.0. The van der Waals surface area contributed by atoms with Crippen LogP contribution in [-0.4, -0.2) is 30.1 Å². The van der Waals surface area contributed by atoms with Gasteiger partial charge in [0.15, 0.2) is 0 Å². The van der Waals surface area contributed by atoms with Gasteiger partial charge in [-0.2, -0.15) is 0 Å². The molecule has 0 aliphatic carbocycles. The van der Waals surface area contributed by atoms with Crippen LogP contribution in [-0.2, 0) is 9.53 Å². The Morgan fingerprint density at radius 1 is 1.65 bits per heavy atom. The Bertz CT molecular complexity index is 509. The first-order valence-electron chi connectivity index (χ1n) is 6.96. The first kappa shape index (κ1) is 15.0. The largest absolute Gasteiger partial charge is 0.366 e. The standard InChI is InChI=1S/C15H20N2O2S/c1-11-10-20-15(17-11)12(2)14(18)16-8-5-7-13-6-3-4-9-19-13/h10,12-13H,3-4,6,8-9H2,1-2H3,(H,16,18). The number of hydrogen-bond acceptors (Lipinski definition) is 4. The van der Waals surface area contributed by atoms with Crippen LogP contribution in [0.1, 0.15) is 42.8 Å². The number of thiazole rings is 1. The summed E-state index contributed by atoms with van der Waals surface area (Å²) >= 11 is 1.52. The molecule has 4 nitrogen and oxygen atoms in total. The number of aryl methyl sites for hydroxylation is 1. The second kappa shape index (κ2) is 7.41. The second-order valence-corrected chi connectivity index (χ2v) is 5.83. The highest BCUT2D eigenvalue weighted by Gasteiger charge is 2.17. The Labute approximate surface area is 123 Å². The summed E-state index contributed by atoms with van der Waals surface area (Å²) in [4.78, 5) is 16.3. The van der Waals surface area contributed by atoms with Crippen molar-refractivity contribution in [3.05, 3.63) is 16.1 Å². The Morgan fingerprint density at radius 3 is 3.15 bits per heavy atom. The fourth-order valence-corrected chi connectivity index (χ4v) is 2.84. The molecule has 5 heteroatoms. The Hall–Kier alpha value is -1.38. The molecule has 1 aromatic heterocycles. The van der Waals surface area contributed by atoms with Crippen molar-refractivity contribution in [1.82, 2.24) is 10.3 Å². The van der Waals surface area contributed by atoms with Crippen molar-refractivity contribution < 1.29 is 9.53 Å². The zero-order valence-electron chi connectivity index (χ0n) is 11.9. The van der Waals surface area contributed by atoms with Gasteiger partial charge in [0.05, 0.1) is 12.5 Å². The lowest BCUT2D eigenvalue weighted by Gasteiger charge is -2.17. The molecular formula is C15H20N2O2S. The van der Waals surface area contributed by atoms with E-state index in [9.17, 15) is 4.79 Å². The molecular weight excluding hydrogens is 272 g/mol. The van der Waals surface area contributed by atoms with Gasteiger partial charge < -0.3 is 10.1 Å². The van der Waals surface area contributed by atoms with E-state index in [1.165, 1.54) is 17.8 Å². The molecule has 1 fully saturated rings. The number of rotatable bonds is 3. The third-order valence-electron chi connectivity index (χ3n) is 3.19. The van der Waals surface area contributed by atoms with Crippen LogP contribution in [0.25, 0.3) is 0 Å². The van der Waals surface area contributed by atoms with Crippen molar-refractivity contribution in [1.29, 1.82) is 0 Å². The summed E-state index contributed by atoms with van der Waals surface area (Å²) in [5.41, 5.74) is 0.957. The van der Waals surface area contributed by atoms with Crippen molar-refractivity contribution in [2.75, 3.05) is 13.2 Å². The number of ether oxygens (including phenoxy) is 1. The van der Waals surface area contributed by atoms with Crippen LogP contribution in [0.2, 0.25) is 0 Å². The Morgan fingerprint density at radius 2 is 2.50 bits per heavy atom. The number of aromatic nitrogens is 1. The second-order valence-electron chi connectivity index (χ2n) is 4.94. The third kappa shape index (κ3) is 4.32. The van der Waals surface area contributed by atoms with E-state index in [-0.39, 0.29) is 17.9 Å². The fraction of sp³-hybridized carbons (Fsp3) is 0.600. The minimum Gasteiger partial charge on any atom is -0.366 e. The zero-order valence-corrected chi connectivity index (χ0v) is 12.8. The van der Waals surface area contributed by atoms with Crippen LogP contribution < -0.4 is 5.32 Å².